The van der Waals surface area contributed by atoms with E-state index in [-0.39, 0.29) is 16.5 Å². The van der Waals surface area contributed by atoms with Crippen LogP contribution < -0.4 is 10.5 Å². The molecule has 0 atom stereocenters. The molecular weight excluding hydrogens is 293 g/mol. The molecule has 0 fully saturated rings. The van der Waals surface area contributed by atoms with E-state index >= 15 is 0 Å². The average molecular weight is 309 g/mol. The molecule has 2 aromatic rings. The maximum absolute atomic E-state index is 14.2. The lowest BCUT2D eigenvalue weighted by molar-refractivity contribution is 0.0703. The van der Waals surface area contributed by atoms with Crippen LogP contribution in [0.4, 0.5) is 10.1 Å². The Bertz CT molecular complexity index is 694. The Morgan fingerprint density at radius 2 is 2.10 bits per heavy atom. The van der Waals surface area contributed by atoms with E-state index in [0.717, 1.165) is 11.3 Å². The molecule has 0 saturated heterocycles. The second kappa shape index (κ2) is 5.73. The highest BCUT2D eigenvalue weighted by Crippen LogP contribution is 2.43. The first-order valence-electron chi connectivity index (χ1n) is 6.36. The summed E-state index contributed by atoms with van der Waals surface area (Å²) in [6.45, 7) is 3.80. The Hall–Kier alpha value is -2.08. The molecule has 0 unspecified atom stereocenters. The highest BCUT2D eigenvalue weighted by atomic mass is 32.1. The number of carbonyl (C=O) groups is 1. The number of halogens is 1. The van der Waals surface area contributed by atoms with Crippen molar-refractivity contribution < 1.29 is 19.0 Å². The van der Waals surface area contributed by atoms with Crippen LogP contribution in [0, 0.1) is 5.82 Å². The first-order valence-corrected chi connectivity index (χ1v) is 7.17. The van der Waals surface area contributed by atoms with Gasteiger partial charge in [0.05, 0.1) is 12.8 Å². The maximum Gasteiger partial charge on any atom is 0.348 e. The molecule has 0 aliphatic rings. The van der Waals surface area contributed by atoms with Gasteiger partial charge >= 0.3 is 5.97 Å². The third kappa shape index (κ3) is 2.71. The topological polar surface area (TPSA) is 72.5 Å². The highest BCUT2D eigenvalue weighted by molar-refractivity contribution is 7.18. The van der Waals surface area contributed by atoms with Crippen molar-refractivity contribution in [2.75, 3.05) is 12.8 Å². The molecular formula is C15H16FNO3S. The van der Waals surface area contributed by atoms with E-state index in [9.17, 15) is 14.3 Å². The average Bonchev–Trinajstić information content (AvgIpc) is 2.76. The number of benzene rings is 1. The van der Waals surface area contributed by atoms with Gasteiger partial charge in [0, 0.05) is 16.5 Å². The van der Waals surface area contributed by atoms with Crippen molar-refractivity contribution >= 4 is 23.0 Å². The zero-order chi connectivity index (χ0) is 15.7. The highest BCUT2D eigenvalue weighted by Gasteiger charge is 2.24. The van der Waals surface area contributed by atoms with Crippen molar-refractivity contribution in [1.82, 2.24) is 0 Å². The van der Waals surface area contributed by atoms with Gasteiger partial charge in [-0.25, -0.2) is 9.18 Å². The van der Waals surface area contributed by atoms with Gasteiger partial charge in [-0.15, -0.1) is 11.3 Å². The first-order chi connectivity index (χ1) is 9.86. The van der Waals surface area contributed by atoms with Crippen molar-refractivity contribution in [2.45, 2.75) is 19.8 Å². The number of hydrogen-bond donors (Lipinski definition) is 2. The maximum atomic E-state index is 14.2. The van der Waals surface area contributed by atoms with Gasteiger partial charge in [-0.1, -0.05) is 13.8 Å². The van der Waals surface area contributed by atoms with Crippen LogP contribution in [0.25, 0.3) is 10.4 Å². The van der Waals surface area contributed by atoms with Crippen LogP contribution in [0.15, 0.2) is 18.2 Å². The van der Waals surface area contributed by atoms with Gasteiger partial charge in [-0.3, -0.25) is 0 Å². The zero-order valence-electron chi connectivity index (χ0n) is 11.9. The molecule has 1 aromatic carbocycles. The van der Waals surface area contributed by atoms with E-state index in [1.54, 1.807) is 12.1 Å². The van der Waals surface area contributed by atoms with E-state index in [1.807, 2.05) is 13.8 Å². The summed E-state index contributed by atoms with van der Waals surface area (Å²) in [5.41, 5.74) is 7.15. The summed E-state index contributed by atoms with van der Waals surface area (Å²) in [4.78, 5) is 11.8. The molecule has 3 N–H and O–H groups in total. The molecule has 6 heteroatoms. The van der Waals surface area contributed by atoms with Crippen LogP contribution in [0.2, 0.25) is 0 Å². The van der Waals surface area contributed by atoms with Gasteiger partial charge in [0.2, 0.25) is 0 Å². The SMILES string of the molecule is COc1ccc(-c2sc(C(=O)O)c(N)c2C(C)C)c(F)c1. The monoisotopic (exact) mass is 309 g/mol. The third-order valence-corrected chi connectivity index (χ3v) is 4.42. The van der Waals surface area contributed by atoms with Gasteiger partial charge in [0.25, 0.3) is 0 Å². The summed E-state index contributed by atoms with van der Waals surface area (Å²) in [5.74, 6) is -1.16. The number of nitrogens with two attached hydrogens (primary N) is 1. The van der Waals surface area contributed by atoms with Gasteiger partial charge in [0.1, 0.15) is 16.4 Å². The molecule has 0 amide bonds. The Kier molecular flexibility index (Phi) is 4.18. The summed E-state index contributed by atoms with van der Waals surface area (Å²) in [7, 11) is 1.46. The van der Waals surface area contributed by atoms with Crippen LogP contribution in [-0.4, -0.2) is 18.2 Å². The molecule has 2 rings (SSSR count). The largest absolute Gasteiger partial charge is 0.497 e. The van der Waals surface area contributed by atoms with Crippen molar-refractivity contribution in [3.63, 3.8) is 0 Å². The summed E-state index contributed by atoms with van der Waals surface area (Å²) in [6.07, 6.45) is 0. The van der Waals surface area contributed by atoms with Gasteiger partial charge in [-0.05, 0) is 23.6 Å². The standard InChI is InChI=1S/C15H16FNO3S/c1-7(2)11-12(17)14(15(18)19)21-13(11)9-5-4-8(20-3)6-10(9)16/h4-7H,17H2,1-3H3,(H,18,19). The molecule has 4 nitrogen and oxygen atoms in total. The molecule has 0 aliphatic heterocycles. The fourth-order valence-corrected chi connectivity index (χ4v) is 3.44. The van der Waals surface area contributed by atoms with Crippen molar-refractivity contribution in [1.29, 1.82) is 0 Å². The molecule has 0 radical (unpaired) electrons. The quantitative estimate of drug-likeness (QED) is 0.896. The van der Waals surface area contributed by atoms with E-state index in [2.05, 4.69) is 0 Å². The molecule has 0 aliphatic carbocycles. The van der Waals surface area contributed by atoms with Gasteiger partial charge in [-0.2, -0.15) is 0 Å². The van der Waals surface area contributed by atoms with Gasteiger partial charge < -0.3 is 15.6 Å². The second-order valence-electron chi connectivity index (χ2n) is 4.89. The smallest absolute Gasteiger partial charge is 0.348 e. The Labute approximate surface area is 126 Å². The molecule has 0 spiro atoms. The molecule has 21 heavy (non-hydrogen) atoms. The number of nitrogen functional groups attached to an aromatic ring is 1. The van der Waals surface area contributed by atoms with Gasteiger partial charge in [0.15, 0.2) is 0 Å². The number of methoxy groups -OCH3 is 1. The van der Waals surface area contributed by atoms with Crippen LogP contribution in [0.1, 0.15) is 35.0 Å². The summed E-state index contributed by atoms with van der Waals surface area (Å²) in [6, 6.07) is 4.49. The number of carboxylic acid groups (broad SMARTS) is 1. The Morgan fingerprint density at radius 1 is 1.43 bits per heavy atom. The number of ether oxygens (including phenoxy) is 1. The molecule has 1 aromatic heterocycles. The van der Waals surface area contributed by atoms with E-state index in [0.29, 0.717) is 21.8 Å². The Balaban J connectivity index is 2.68. The number of anilines is 1. The predicted octanol–water partition coefficient (Wildman–Crippen LogP) is 3.97. The lowest BCUT2D eigenvalue weighted by atomic mass is 9.98. The number of carboxylic acids is 1. The number of aromatic carboxylic acids is 1. The van der Waals surface area contributed by atoms with E-state index < -0.39 is 11.8 Å². The van der Waals surface area contributed by atoms with Crippen LogP contribution in [-0.2, 0) is 0 Å². The molecule has 112 valence electrons. The summed E-state index contributed by atoms with van der Waals surface area (Å²) >= 11 is 0.998. The molecule has 0 saturated carbocycles. The third-order valence-electron chi connectivity index (χ3n) is 3.18. The van der Waals surface area contributed by atoms with Crippen molar-refractivity contribution in [3.05, 3.63) is 34.5 Å². The number of rotatable bonds is 4. The van der Waals surface area contributed by atoms with Crippen LogP contribution >= 0.6 is 11.3 Å². The lowest BCUT2D eigenvalue weighted by Gasteiger charge is -2.10. The van der Waals surface area contributed by atoms with Crippen LogP contribution in [0.5, 0.6) is 5.75 Å². The molecule has 0 bridgehead atoms. The zero-order valence-corrected chi connectivity index (χ0v) is 12.8. The normalized spacial score (nSPS) is 10.9. The first kappa shape index (κ1) is 15.3. The minimum atomic E-state index is -1.10. The lowest BCUT2D eigenvalue weighted by Crippen LogP contribution is -2.01. The predicted molar refractivity (Wildman–Crippen MR) is 81.7 cm³/mol. The van der Waals surface area contributed by atoms with Crippen molar-refractivity contribution in [3.8, 4) is 16.2 Å². The molecule has 1 heterocycles. The fourth-order valence-electron chi connectivity index (χ4n) is 2.20. The van der Waals surface area contributed by atoms with Crippen molar-refractivity contribution in [2.24, 2.45) is 0 Å². The number of hydrogen-bond acceptors (Lipinski definition) is 4. The Morgan fingerprint density at radius 3 is 2.57 bits per heavy atom. The van der Waals surface area contributed by atoms with Crippen LogP contribution in [0.3, 0.4) is 0 Å². The van der Waals surface area contributed by atoms with E-state index in [1.165, 1.54) is 13.2 Å². The second-order valence-corrected chi connectivity index (χ2v) is 5.91. The minimum Gasteiger partial charge on any atom is -0.497 e. The number of thiophene rings is 1. The van der Waals surface area contributed by atoms with E-state index in [4.69, 9.17) is 10.5 Å². The fraction of sp³-hybridized carbons (Fsp3) is 0.267. The summed E-state index contributed by atoms with van der Waals surface area (Å²) < 4.78 is 19.2. The summed E-state index contributed by atoms with van der Waals surface area (Å²) in [5, 5.41) is 9.20. The minimum absolute atomic E-state index is 0.00847.